The lowest BCUT2D eigenvalue weighted by Crippen LogP contribution is -2.21. The Hall–Kier alpha value is 0.0500. The molecule has 3 nitrogen and oxygen atoms in total. The summed E-state index contributed by atoms with van der Waals surface area (Å²) in [4.78, 5) is 1.27. The lowest BCUT2D eigenvalue weighted by Gasteiger charge is -2.16. The topological polar surface area (TPSA) is 51.8 Å². The molecule has 0 aliphatic rings. The molecule has 0 spiro atoms. The fourth-order valence-corrected chi connectivity index (χ4v) is 5.17. The lowest BCUT2D eigenvalue weighted by atomic mass is 10.2. The molecule has 0 saturated carbocycles. The maximum atomic E-state index is 6.06. The number of nitrogens with two attached hydrogens (primary N) is 1. The van der Waals surface area contributed by atoms with Gasteiger partial charge in [-0.1, -0.05) is 23.1 Å². The number of hydrogen-bond acceptors (Lipinski definition) is 6. The first-order valence-electron chi connectivity index (χ1n) is 5.02. The van der Waals surface area contributed by atoms with Gasteiger partial charge in [0.2, 0.25) is 0 Å². The molecule has 2 heterocycles. The first-order valence-corrected chi connectivity index (χ1v) is 8.39. The summed E-state index contributed by atoms with van der Waals surface area (Å²) >= 11 is 8.50. The molecule has 2 aromatic heterocycles. The van der Waals surface area contributed by atoms with E-state index < -0.39 is 0 Å². The van der Waals surface area contributed by atoms with Crippen molar-refractivity contribution < 1.29 is 0 Å². The molecule has 0 bridgehead atoms. The molecular weight excluding hydrogens is 338 g/mol. The van der Waals surface area contributed by atoms with Gasteiger partial charge >= 0.3 is 0 Å². The Balaban J connectivity index is 2.18. The van der Waals surface area contributed by atoms with Gasteiger partial charge in [-0.05, 0) is 35.8 Å². The molecule has 0 amide bonds. The van der Waals surface area contributed by atoms with Gasteiger partial charge in [-0.3, -0.25) is 0 Å². The van der Waals surface area contributed by atoms with Crippen LogP contribution in [-0.2, 0) is 0 Å². The van der Waals surface area contributed by atoms with E-state index in [0.29, 0.717) is 0 Å². The van der Waals surface area contributed by atoms with Crippen LogP contribution in [-0.4, -0.2) is 16.2 Å². The number of thioether (sulfide) groups is 1. The van der Waals surface area contributed by atoms with Crippen molar-refractivity contribution in [3.8, 4) is 0 Å². The van der Waals surface area contributed by atoms with Gasteiger partial charge in [0.05, 0.1) is 5.25 Å². The minimum atomic E-state index is 0.0785. The molecule has 17 heavy (non-hydrogen) atoms. The van der Waals surface area contributed by atoms with Crippen LogP contribution in [0.2, 0.25) is 0 Å². The number of nitrogens with zero attached hydrogens (tertiary/aromatic N) is 2. The Morgan fingerprint density at radius 2 is 2.24 bits per heavy atom. The molecule has 0 aromatic carbocycles. The zero-order valence-electron chi connectivity index (χ0n) is 9.38. The second kappa shape index (κ2) is 5.79. The number of hydrogen-bond donors (Lipinski definition) is 1. The fraction of sp³-hybridized carbons (Fsp3) is 0.400. The smallest absolute Gasteiger partial charge is 0.174 e. The van der Waals surface area contributed by atoms with Crippen molar-refractivity contribution in [3.63, 3.8) is 0 Å². The first-order chi connectivity index (χ1) is 8.06. The Morgan fingerprint density at radius 3 is 2.71 bits per heavy atom. The number of aromatic nitrogens is 2. The molecule has 7 heteroatoms. The van der Waals surface area contributed by atoms with Gasteiger partial charge in [-0.25, -0.2) is 0 Å². The van der Waals surface area contributed by atoms with Crippen LogP contribution in [0.15, 0.2) is 20.3 Å². The van der Waals surface area contributed by atoms with E-state index in [4.69, 9.17) is 5.73 Å². The number of halogens is 1. The SMILES string of the molecule is Cc1nnc(SC(c2cc(Br)cs2)C(C)N)s1. The molecule has 0 aliphatic heterocycles. The van der Waals surface area contributed by atoms with Crippen molar-refractivity contribution in [2.24, 2.45) is 5.73 Å². The Labute approximate surface area is 121 Å². The number of thiophene rings is 1. The van der Waals surface area contributed by atoms with Crippen molar-refractivity contribution >= 4 is 50.4 Å². The van der Waals surface area contributed by atoms with Crippen LogP contribution in [0.3, 0.4) is 0 Å². The highest BCUT2D eigenvalue weighted by Gasteiger charge is 2.21. The second-order valence-electron chi connectivity index (χ2n) is 3.65. The summed E-state index contributed by atoms with van der Waals surface area (Å²) in [6, 6.07) is 2.20. The van der Waals surface area contributed by atoms with Gasteiger partial charge in [0.15, 0.2) is 4.34 Å². The summed E-state index contributed by atoms with van der Waals surface area (Å²) in [6.07, 6.45) is 0. The third-order valence-electron chi connectivity index (χ3n) is 2.08. The summed E-state index contributed by atoms with van der Waals surface area (Å²) in [5, 5.41) is 11.5. The minimum Gasteiger partial charge on any atom is -0.327 e. The standard InChI is InChI=1S/C10H12BrN3S3/c1-5(12)9(8-3-7(11)4-15-8)17-10-14-13-6(2)16-10/h3-5,9H,12H2,1-2H3. The average Bonchev–Trinajstić information content (AvgIpc) is 2.83. The van der Waals surface area contributed by atoms with E-state index in [-0.39, 0.29) is 11.3 Å². The Morgan fingerprint density at radius 1 is 1.47 bits per heavy atom. The van der Waals surface area contributed by atoms with Gasteiger partial charge in [0, 0.05) is 20.8 Å². The van der Waals surface area contributed by atoms with Crippen molar-refractivity contribution in [1.29, 1.82) is 0 Å². The van der Waals surface area contributed by atoms with E-state index in [1.165, 1.54) is 4.88 Å². The van der Waals surface area contributed by atoms with Crippen LogP contribution in [0.1, 0.15) is 22.1 Å². The summed E-state index contributed by atoms with van der Waals surface area (Å²) in [7, 11) is 0. The third kappa shape index (κ3) is 3.51. The Kier molecular flexibility index (Phi) is 4.59. The molecule has 92 valence electrons. The normalized spacial score (nSPS) is 14.8. The zero-order valence-corrected chi connectivity index (χ0v) is 13.4. The van der Waals surface area contributed by atoms with Crippen LogP contribution in [0.5, 0.6) is 0 Å². The lowest BCUT2D eigenvalue weighted by molar-refractivity contribution is 0.729. The second-order valence-corrected chi connectivity index (χ2v) is 8.08. The highest BCUT2D eigenvalue weighted by Crippen LogP contribution is 2.41. The molecule has 0 aliphatic carbocycles. The average molecular weight is 350 g/mol. The highest BCUT2D eigenvalue weighted by atomic mass is 79.9. The summed E-state index contributed by atoms with van der Waals surface area (Å²) < 4.78 is 2.09. The van der Waals surface area contributed by atoms with E-state index in [9.17, 15) is 0 Å². The summed E-state index contributed by atoms with van der Waals surface area (Å²) in [5.41, 5.74) is 6.06. The molecule has 2 aromatic rings. The van der Waals surface area contributed by atoms with Gasteiger partial charge in [-0.15, -0.1) is 21.5 Å². The van der Waals surface area contributed by atoms with Gasteiger partial charge in [0.25, 0.3) is 0 Å². The summed E-state index contributed by atoms with van der Waals surface area (Å²) in [5.74, 6) is 0. The predicted octanol–water partition coefficient (Wildman–Crippen LogP) is 3.85. The van der Waals surface area contributed by atoms with Crippen molar-refractivity contribution in [2.75, 3.05) is 0 Å². The highest BCUT2D eigenvalue weighted by molar-refractivity contribution is 9.10. The van der Waals surface area contributed by atoms with E-state index in [2.05, 4.69) is 37.6 Å². The Bertz CT molecular complexity index is 494. The molecule has 0 radical (unpaired) electrons. The van der Waals surface area contributed by atoms with Crippen LogP contribution in [0, 0.1) is 6.92 Å². The van der Waals surface area contributed by atoms with Crippen LogP contribution in [0.4, 0.5) is 0 Å². The van der Waals surface area contributed by atoms with E-state index >= 15 is 0 Å². The molecular formula is C10H12BrN3S3. The predicted molar refractivity (Wildman–Crippen MR) is 78.9 cm³/mol. The van der Waals surface area contributed by atoms with Crippen molar-refractivity contribution in [2.45, 2.75) is 29.5 Å². The van der Waals surface area contributed by atoms with E-state index in [1.807, 2.05) is 13.8 Å². The summed E-state index contributed by atoms with van der Waals surface area (Å²) in [6.45, 7) is 3.99. The van der Waals surface area contributed by atoms with Crippen LogP contribution >= 0.6 is 50.4 Å². The molecule has 2 atom stereocenters. The van der Waals surface area contributed by atoms with Crippen LogP contribution < -0.4 is 5.73 Å². The maximum absolute atomic E-state index is 6.06. The van der Waals surface area contributed by atoms with Crippen LogP contribution in [0.25, 0.3) is 0 Å². The quantitative estimate of drug-likeness (QED) is 0.851. The van der Waals surface area contributed by atoms with Gasteiger partial charge < -0.3 is 5.73 Å². The fourth-order valence-electron chi connectivity index (χ4n) is 1.34. The molecule has 2 N–H and O–H groups in total. The first kappa shape index (κ1) is 13.5. The maximum Gasteiger partial charge on any atom is 0.174 e. The molecule has 2 rings (SSSR count). The van der Waals surface area contributed by atoms with Gasteiger partial charge in [0.1, 0.15) is 5.01 Å². The number of aryl methyl sites for hydroxylation is 1. The zero-order chi connectivity index (χ0) is 12.4. The molecule has 0 saturated heterocycles. The minimum absolute atomic E-state index is 0.0785. The molecule has 2 unspecified atom stereocenters. The number of rotatable bonds is 4. The third-order valence-corrected chi connectivity index (χ3v) is 6.40. The van der Waals surface area contributed by atoms with E-state index in [1.54, 1.807) is 34.4 Å². The molecule has 0 fully saturated rings. The monoisotopic (exact) mass is 349 g/mol. The van der Waals surface area contributed by atoms with Gasteiger partial charge in [-0.2, -0.15) is 0 Å². The van der Waals surface area contributed by atoms with E-state index in [0.717, 1.165) is 13.8 Å². The van der Waals surface area contributed by atoms with Crippen molar-refractivity contribution in [3.05, 3.63) is 25.8 Å². The van der Waals surface area contributed by atoms with Crippen molar-refractivity contribution in [1.82, 2.24) is 10.2 Å². The largest absolute Gasteiger partial charge is 0.327 e.